The van der Waals surface area contributed by atoms with Gasteiger partial charge in [-0.15, -0.1) is 0 Å². The SMILES string of the molecule is C=Cc1cccc(Cl)c1/C(=C\C)N1CCc2c(nc(OCC3CCCN3)nc2N2CCN(C(=O)C(=C)F)C(CC#N)C2)C1. The summed E-state index contributed by atoms with van der Waals surface area (Å²) in [4.78, 5) is 28.0. The van der Waals surface area contributed by atoms with E-state index in [1.165, 1.54) is 4.90 Å². The van der Waals surface area contributed by atoms with Crippen molar-refractivity contribution in [3.63, 3.8) is 0 Å². The average molecular weight is 606 g/mol. The average Bonchev–Trinajstić information content (AvgIpc) is 3.54. The Balaban J connectivity index is 1.48. The van der Waals surface area contributed by atoms with Crippen LogP contribution in [0.3, 0.4) is 0 Å². The number of nitrogens with zero attached hydrogens (tertiary/aromatic N) is 6. The third-order valence-electron chi connectivity index (χ3n) is 8.34. The van der Waals surface area contributed by atoms with Crippen molar-refractivity contribution in [1.82, 2.24) is 25.1 Å². The number of benzene rings is 1. The Morgan fingerprint density at radius 2 is 2.16 bits per heavy atom. The zero-order valence-corrected chi connectivity index (χ0v) is 25.2. The molecule has 5 rings (SSSR count). The van der Waals surface area contributed by atoms with E-state index in [-0.39, 0.29) is 19.0 Å². The van der Waals surface area contributed by atoms with Gasteiger partial charge in [0.2, 0.25) is 0 Å². The number of carbonyl (C=O) groups excluding carboxylic acids is 1. The van der Waals surface area contributed by atoms with E-state index >= 15 is 0 Å². The Kier molecular flexibility index (Phi) is 9.63. The second-order valence-electron chi connectivity index (χ2n) is 11.0. The molecule has 4 heterocycles. The van der Waals surface area contributed by atoms with E-state index in [1.54, 1.807) is 0 Å². The maximum absolute atomic E-state index is 13.8. The molecule has 43 heavy (non-hydrogen) atoms. The van der Waals surface area contributed by atoms with Crippen LogP contribution in [0.4, 0.5) is 10.2 Å². The van der Waals surface area contributed by atoms with Gasteiger partial charge in [0.1, 0.15) is 12.4 Å². The summed E-state index contributed by atoms with van der Waals surface area (Å²) in [6.45, 7) is 12.8. The van der Waals surface area contributed by atoms with Gasteiger partial charge in [-0.1, -0.05) is 49.0 Å². The second-order valence-corrected chi connectivity index (χ2v) is 11.4. The number of rotatable bonds is 9. The highest BCUT2D eigenvalue weighted by Gasteiger charge is 2.35. The quantitative estimate of drug-likeness (QED) is 0.410. The van der Waals surface area contributed by atoms with Gasteiger partial charge in [-0.2, -0.15) is 15.2 Å². The zero-order chi connectivity index (χ0) is 30.5. The lowest BCUT2D eigenvalue weighted by atomic mass is 9.99. The van der Waals surface area contributed by atoms with Crippen molar-refractivity contribution in [2.45, 2.75) is 51.2 Å². The zero-order valence-electron chi connectivity index (χ0n) is 24.5. The summed E-state index contributed by atoms with van der Waals surface area (Å²) in [5, 5.41) is 13.6. The fourth-order valence-corrected chi connectivity index (χ4v) is 6.49. The van der Waals surface area contributed by atoms with Gasteiger partial charge >= 0.3 is 6.01 Å². The minimum atomic E-state index is -1.02. The normalized spacial score (nSPS) is 20.4. The highest BCUT2D eigenvalue weighted by Crippen LogP contribution is 2.36. The Bertz CT molecular complexity index is 1470. The number of nitriles is 1. The van der Waals surface area contributed by atoms with Crippen molar-refractivity contribution in [2.75, 3.05) is 44.2 Å². The first-order valence-corrected chi connectivity index (χ1v) is 15.1. The number of aromatic nitrogens is 2. The molecule has 0 aliphatic carbocycles. The number of halogens is 2. The highest BCUT2D eigenvalue weighted by atomic mass is 35.5. The molecule has 2 fully saturated rings. The summed E-state index contributed by atoms with van der Waals surface area (Å²) in [5.74, 6) is -1.06. The molecule has 3 aliphatic rings. The predicted octanol–water partition coefficient (Wildman–Crippen LogP) is 4.74. The third kappa shape index (κ3) is 6.53. The van der Waals surface area contributed by atoms with Crippen LogP contribution >= 0.6 is 11.6 Å². The van der Waals surface area contributed by atoms with Crippen LogP contribution in [0.1, 0.15) is 48.6 Å². The number of hydrogen-bond donors (Lipinski definition) is 1. The smallest absolute Gasteiger partial charge is 0.318 e. The number of amides is 1. The van der Waals surface area contributed by atoms with Crippen LogP contribution in [0.25, 0.3) is 11.8 Å². The van der Waals surface area contributed by atoms with E-state index in [1.807, 2.05) is 31.2 Å². The summed E-state index contributed by atoms with van der Waals surface area (Å²) in [7, 11) is 0. The number of nitrogens with one attached hydrogen (secondary N) is 1. The molecule has 0 bridgehead atoms. The first-order chi connectivity index (χ1) is 20.8. The molecule has 3 aliphatic heterocycles. The molecule has 11 heteroatoms. The molecule has 0 spiro atoms. The maximum atomic E-state index is 13.8. The summed E-state index contributed by atoms with van der Waals surface area (Å²) >= 11 is 6.70. The molecule has 1 aromatic carbocycles. The molecule has 2 aromatic rings. The number of anilines is 1. The van der Waals surface area contributed by atoms with Crippen molar-refractivity contribution in [2.24, 2.45) is 0 Å². The van der Waals surface area contributed by atoms with E-state index in [9.17, 15) is 14.4 Å². The molecule has 226 valence electrons. The van der Waals surface area contributed by atoms with Crippen LogP contribution < -0.4 is 15.0 Å². The Hall–Kier alpha value is -3.94. The van der Waals surface area contributed by atoms with Crippen molar-refractivity contribution < 1.29 is 13.9 Å². The van der Waals surface area contributed by atoms with Crippen LogP contribution in [0.5, 0.6) is 6.01 Å². The number of piperazine rings is 1. The summed E-state index contributed by atoms with van der Waals surface area (Å²) in [5.41, 5.74) is 4.74. The molecule has 2 unspecified atom stereocenters. The molecule has 1 aromatic heterocycles. The molecule has 1 amide bonds. The van der Waals surface area contributed by atoms with Crippen LogP contribution in [0, 0.1) is 11.3 Å². The fraction of sp³-hybridized carbons (Fsp3) is 0.438. The van der Waals surface area contributed by atoms with Crippen LogP contribution in [0.15, 0.2) is 43.3 Å². The van der Waals surface area contributed by atoms with Crippen molar-refractivity contribution in [3.8, 4) is 12.1 Å². The molecule has 0 radical (unpaired) electrons. The van der Waals surface area contributed by atoms with E-state index in [4.69, 9.17) is 26.3 Å². The van der Waals surface area contributed by atoms with Crippen LogP contribution in [0.2, 0.25) is 5.02 Å². The van der Waals surface area contributed by atoms with Gasteiger partial charge in [-0.05, 0) is 44.4 Å². The van der Waals surface area contributed by atoms with E-state index in [2.05, 4.69) is 40.4 Å². The number of fused-ring (bicyclic) bond motifs is 1. The minimum Gasteiger partial charge on any atom is -0.462 e. The first-order valence-electron chi connectivity index (χ1n) is 14.7. The fourth-order valence-electron chi connectivity index (χ4n) is 6.21. The standard InChI is InChI=1S/C32H37ClFN7O2/c1-4-22-8-6-10-26(33)29(22)28(5-2)39-15-12-25-27(19-39)37-32(43-20-23-9-7-14-36-23)38-30(25)40-16-17-41(31(42)21(3)34)24(18-40)11-13-35/h4-6,8,10,23-24,36H,1,3,7,9,11-12,14-20H2,2H3/b28-5+. The monoisotopic (exact) mass is 605 g/mol. The Morgan fingerprint density at radius 3 is 2.86 bits per heavy atom. The van der Waals surface area contributed by atoms with Gasteiger partial charge in [0.25, 0.3) is 5.91 Å². The van der Waals surface area contributed by atoms with Gasteiger partial charge in [0, 0.05) is 49.0 Å². The van der Waals surface area contributed by atoms with Gasteiger partial charge in [-0.25, -0.2) is 4.39 Å². The van der Waals surface area contributed by atoms with Gasteiger partial charge < -0.3 is 24.8 Å². The Labute approximate surface area is 257 Å². The molecular formula is C32H37ClFN7O2. The molecule has 9 nitrogen and oxygen atoms in total. The summed E-state index contributed by atoms with van der Waals surface area (Å²) in [6.07, 6.45) is 6.75. The lowest BCUT2D eigenvalue weighted by molar-refractivity contribution is -0.131. The van der Waals surface area contributed by atoms with Gasteiger partial charge in [-0.3, -0.25) is 4.79 Å². The molecule has 2 atom stereocenters. The second kappa shape index (κ2) is 13.6. The minimum absolute atomic E-state index is 0.0708. The van der Waals surface area contributed by atoms with E-state index < -0.39 is 17.8 Å². The van der Waals surface area contributed by atoms with Crippen molar-refractivity contribution in [3.05, 3.63) is 70.7 Å². The van der Waals surface area contributed by atoms with Crippen LogP contribution in [-0.4, -0.2) is 77.1 Å². The molecule has 0 saturated carbocycles. The summed E-state index contributed by atoms with van der Waals surface area (Å²) in [6, 6.07) is 7.99. The number of ether oxygens (including phenoxy) is 1. The summed E-state index contributed by atoms with van der Waals surface area (Å²) < 4.78 is 19.9. The highest BCUT2D eigenvalue weighted by molar-refractivity contribution is 6.32. The number of allylic oxidation sites excluding steroid dienone is 1. The number of hydrogen-bond acceptors (Lipinski definition) is 8. The molecule has 2 saturated heterocycles. The first kappa shape index (κ1) is 30.5. The Morgan fingerprint density at radius 1 is 1.33 bits per heavy atom. The van der Waals surface area contributed by atoms with Crippen molar-refractivity contribution >= 4 is 35.1 Å². The van der Waals surface area contributed by atoms with Gasteiger partial charge in [0.15, 0.2) is 5.83 Å². The molecule has 1 N–H and O–H groups in total. The van der Waals surface area contributed by atoms with E-state index in [0.717, 1.165) is 53.3 Å². The van der Waals surface area contributed by atoms with Gasteiger partial charge in [0.05, 0.1) is 35.8 Å². The lowest BCUT2D eigenvalue weighted by Gasteiger charge is -2.42. The number of carbonyl (C=O) groups is 1. The van der Waals surface area contributed by atoms with E-state index in [0.29, 0.717) is 50.2 Å². The molecular weight excluding hydrogens is 569 g/mol. The van der Waals surface area contributed by atoms with Crippen LogP contribution in [-0.2, 0) is 17.8 Å². The third-order valence-corrected chi connectivity index (χ3v) is 8.65. The van der Waals surface area contributed by atoms with Crippen molar-refractivity contribution in [1.29, 1.82) is 5.26 Å². The topological polar surface area (TPSA) is 97.6 Å². The lowest BCUT2D eigenvalue weighted by Crippen LogP contribution is -2.55. The maximum Gasteiger partial charge on any atom is 0.318 e. The predicted molar refractivity (Wildman–Crippen MR) is 166 cm³/mol. The largest absolute Gasteiger partial charge is 0.462 e.